The van der Waals surface area contributed by atoms with Gasteiger partial charge in [0, 0.05) is 17.5 Å². The van der Waals surface area contributed by atoms with Crippen LogP contribution in [0, 0.1) is 6.92 Å². The first-order chi connectivity index (χ1) is 7.49. The molecule has 1 unspecified atom stereocenters. The fourth-order valence-corrected chi connectivity index (χ4v) is 3.14. The van der Waals surface area contributed by atoms with Crippen LogP contribution >= 0.6 is 0 Å². The Morgan fingerprint density at radius 1 is 1.44 bits per heavy atom. The number of hydrogen-bond donors (Lipinski definition) is 0. The van der Waals surface area contributed by atoms with E-state index in [1.165, 1.54) is 23.4 Å². The molecule has 0 bridgehead atoms. The SMILES string of the molecule is Cc1ccn2c3c(nc2c1)C(C)CC3(C)C. The number of rotatable bonds is 0. The van der Waals surface area contributed by atoms with E-state index >= 15 is 0 Å². The molecule has 16 heavy (non-hydrogen) atoms. The summed E-state index contributed by atoms with van der Waals surface area (Å²) in [7, 11) is 0. The van der Waals surface area contributed by atoms with Crippen molar-refractivity contribution < 1.29 is 0 Å². The second-order valence-electron chi connectivity index (χ2n) is 5.77. The molecule has 0 saturated heterocycles. The number of aromatic nitrogens is 2. The second-order valence-corrected chi connectivity index (χ2v) is 5.77. The molecule has 0 N–H and O–H groups in total. The predicted octanol–water partition coefficient (Wildman–Crippen LogP) is 3.43. The quantitative estimate of drug-likeness (QED) is 0.656. The first-order valence-electron chi connectivity index (χ1n) is 5.98. The molecule has 3 rings (SSSR count). The van der Waals surface area contributed by atoms with Gasteiger partial charge in [-0.2, -0.15) is 0 Å². The number of aryl methyl sites for hydroxylation is 1. The summed E-state index contributed by atoms with van der Waals surface area (Å²) in [5.41, 5.74) is 5.35. The van der Waals surface area contributed by atoms with Crippen molar-refractivity contribution in [2.24, 2.45) is 0 Å². The number of imidazole rings is 1. The molecule has 1 atom stereocenters. The summed E-state index contributed by atoms with van der Waals surface area (Å²) in [6.45, 7) is 9.05. The van der Waals surface area contributed by atoms with E-state index in [0.717, 1.165) is 5.65 Å². The van der Waals surface area contributed by atoms with Gasteiger partial charge in [-0.3, -0.25) is 0 Å². The Morgan fingerprint density at radius 2 is 2.19 bits per heavy atom. The molecule has 0 spiro atoms. The fourth-order valence-electron chi connectivity index (χ4n) is 3.14. The Labute approximate surface area is 96.3 Å². The van der Waals surface area contributed by atoms with Crippen LogP contribution in [0.2, 0.25) is 0 Å². The van der Waals surface area contributed by atoms with Crippen molar-refractivity contribution in [1.29, 1.82) is 0 Å². The highest BCUT2D eigenvalue weighted by Gasteiger charge is 2.38. The lowest BCUT2D eigenvalue weighted by Gasteiger charge is -2.19. The van der Waals surface area contributed by atoms with Crippen LogP contribution < -0.4 is 0 Å². The standard InChI is InChI=1S/C14H18N2/c1-9-5-6-16-11(7-9)15-12-10(2)8-14(3,4)13(12)16/h5-7,10H,8H2,1-4H3. The van der Waals surface area contributed by atoms with E-state index in [1.807, 2.05) is 0 Å². The molecule has 2 aromatic heterocycles. The second kappa shape index (κ2) is 2.88. The van der Waals surface area contributed by atoms with Crippen LogP contribution in [0.4, 0.5) is 0 Å². The lowest BCUT2D eigenvalue weighted by Crippen LogP contribution is -2.15. The van der Waals surface area contributed by atoms with E-state index in [9.17, 15) is 0 Å². The van der Waals surface area contributed by atoms with Crippen molar-refractivity contribution in [2.45, 2.75) is 45.4 Å². The zero-order chi connectivity index (χ0) is 11.5. The highest BCUT2D eigenvalue weighted by atomic mass is 15.0. The summed E-state index contributed by atoms with van der Waals surface area (Å²) < 4.78 is 2.27. The molecule has 0 aromatic carbocycles. The molecule has 2 nitrogen and oxygen atoms in total. The Hall–Kier alpha value is -1.31. The maximum Gasteiger partial charge on any atom is 0.137 e. The van der Waals surface area contributed by atoms with Crippen molar-refractivity contribution in [1.82, 2.24) is 9.38 Å². The van der Waals surface area contributed by atoms with Gasteiger partial charge in [0.1, 0.15) is 5.65 Å². The smallest absolute Gasteiger partial charge is 0.137 e. The maximum absolute atomic E-state index is 4.79. The number of fused-ring (bicyclic) bond motifs is 3. The Morgan fingerprint density at radius 3 is 2.94 bits per heavy atom. The maximum atomic E-state index is 4.79. The molecule has 0 aliphatic heterocycles. The highest BCUT2D eigenvalue weighted by Crippen LogP contribution is 2.45. The van der Waals surface area contributed by atoms with Crippen molar-refractivity contribution in [3.05, 3.63) is 35.3 Å². The molecule has 2 heterocycles. The molecular weight excluding hydrogens is 196 g/mol. The van der Waals surface area contributed by atoms with Gasteiger partial charge in [0.25, 0.3) is 0 Å². The lowest BCUT2D eigenvalue weighted by molar-refractivity contribution is 0.473. The van der Waals surface area contributed by atoms with E-state index in [0.29, 0.717) is 5.92 Å². The normalized spacial score (nSPS) is 22.6. The van der Waals surface area contributed by atoms with E-state index in [4.69, 9.17) is 4.98 Å². The first-order valence-corrected chi connectivity index (χ1v) is 5.98. The van der Waals surface area contributed by atoms with Gasteiger partial charge in [-0.1, -0.05) is 20.8 Å². The van der Waals surface area contributed by atoms with Crippen LogP contribution in [0.25, 0.3) is 5.65 Å². The van der Waals surface area contributed by atoms with E-state index in [1.54, 1.807) is 0 Å². The van der Waals surface area contributed by atoms with Crippen LogP contribution in [0.15, 0.2) is 18.3 Å². The fraction of sp³-hybridized carbons (Fsp3) is 0.500. The van der Waals surface area contributed by atoms with Gasteiger partial charge in [-0.05, 0) is 31.0 Å². The summed E-state index contributed by atoms with van der Waals surface area (Å²) in [6, 6.07) is 4.33. The van der Waals surface area contributed by atoms with Crippen molar-refractivity contribution in [2.75, 3.05) is 0 Å². The number of pyridine rings is 1. The molecular formula is C14H18N2. The first kappa shape index (κ1) is 9.88. The zero-order valence-electron chi connectivity index (χ0n) is 10.4. The van der Waals surface area contributed by atoms with E-state index < -0.39 is 0 Å². The summed E-state index contributed by atoms with van der Waals surface area (Å²) >= 11 is 0. The summed E-state index contributed by atoms with van der Waals surface area (Å²) in [6.07, 6.45) is 3.37. The molecule has 0 radical (unpaired) electrons. The number of nitrogens with zero attached hydrogens (tertiary/aromatic N) is 2. The Balaban J connectivity index is 2.37. The van der Waals surface area contributed by atoms with Crippen LogP contribution in [0.1, 0.15) is 50.1 Å². The van der Waals surface area contributed by atoms with Gasteiger partial charge in [0.2, 0.25) is 0 Å². The van der Waals surface area contributed by atoms with Gasteiger partial charge in [-0.25, -0.2) is 4.98 Å². The molecule has 0 saturated carbocycles. The van der Waals surface area contributed by atoms with Crippen molar-refractivity contribution >= 4 is 5.65 Å². The third-order valence-electron chi connectivity index (χ3n) is 3.73. The molecule has 84 valence electrons. The molecule has 0 fully saturated rings. The van der Waals surface area contributed by atoms with Gasteiger partial charge in [0.15, 0.2) is 0 Å². The van der Waals surface area contributed by atoms with Gasteiger partial charge >= 0.3 is 0 Å². The topological polar surface area (TPSA) is 17.3 Å². The van der Waals surface area contributed by atoms with Gasteiger partial charge in [-0.15, -0.1) is 0 Å². The Bertz CT molecular complexity index is 563. The largest absolute Gasteiger partial charge is 0.303 e. The average Bonchev–Trinajstić information content (AvgIpc) is 2.64. The predicted molar refractivity (Wildman–Crippen MR) is 66.0 cm³/mol. The van der Waals surface area contributed by atoms with Crippen LogP contribution in [0.5, 0.6) is 0 Å². The van der Waals surface area contributed by atoms with E-state index in [2.05, 4.69) is 50.4 Å². The summed E-state index contributed by atoms with van der Waals surface area (Å²) in [4.78, 5) is 4.79. The van der Waals surface area contributed by atoms with Crippen molar-refractivity contribution in [3.8, 4) is 0 Å². The van der Waals surface area contributed by atoms with Gasteiger partial charge < -0.3 is 4.40 Å². The molecule has 1 aliphatic carbocycles. The zero-order valence-corrected chi connectivity index (χ0v) is 10.4. The Kier molecular flexibility index (Phi) is 1.78. The highest BCUT2D eigenvalue weighted by molar-refractivity contribution is 5.50. The van der Waals surface area contributed by atoms with E-state index in [-0.39, 0.29) is 5.41 Å². The van der Waals surface area contributed by atoms with Crippen molar-refractivity contribution in [3.63, 3.8) is 0 Å². The minimum atomic E-state index is 0.253. The molecule has 2 aromatic rings. The number of hydrogen-bond acceptors (Lipinski definition) is 1. The third kappa shape index (κ3) is 1.16. The molecule has 1 aliphatic rings. The average molecular weight is 214 g/mol. The third-order valence-corrected chi connectivity index (χ3v) is 3.73. The van der Waals surface area contributed by atoms with Crippen LogP contribution in [-0.4, -0.2) is 9.38 Å². The minimum Gasteiger partial charge on any atom is -0.303 e. The van der Waals surface area contributed by atoms with Gasteiger partial charge in [0.05, 0.1) is 11.4 Å². The molecule has 2 heteroatoms. The monoisotopic (exact) mass is 214 g/mol. The molecule has 0 amide bonds. The lowest BCUT2D eigenvalue weighted by atomic mass is 9.89. The minimum absolute atomic E-state index is 0.253. The summed E-state index contributed by atoms with van der Waals surface area (Å²) in [5.74, 6) is 0.588. The summed E-state index contributed by atoms with van der Waals surface area (Å²) in [5, 5.41) is 0. The van der Waals surface area contributed by atoms with Crippen LogP contribution in [0.3, 0.4) is 0 Å². The van der Waals surface area contributed by atoms with Crippen LogP contribution in [-0.2, 0) is 5.41 Å².